The van der Waals surface area contributed by atoms with Crippen LogP contribution in [0.1, 0.15) is 40.0 Å². The normalized spacial score (nSPS) is 9.67. The van der Waals surface area contributed by atoms with Crippen molar-refractivity contribution in [2.24, 2.45) is 5.73 Å². The summed E-state index contributed by atoms with van der Waals surface area (Å²) < 4.78 is 0. The van der Waals surface area contributed by atoms with Crippen LogP contribution in [0.2, 0.25) is 0 Å². The van der Waals surface area contributed by atoms with Gasteiger partial charge in [0.1, 0.15) is 0 Å². The van der Waals surface area contributed by atoms with Crippen molar-refractivity contribution in [2.75, 3.05) is 6.54 Å². The molecule has 1 nitrogen and oxygen atoms in total. The Labute approximate surface area is 76.3 Å². The standard InChI is InChI=1S/C11H21N/c1-5-10(4)11(9(2)3)7-6-8-12/h4-8,12H2,1-3H3. The molecule has 0 unspecified atom stereocenters. The van der Waals surface area contributed by atoms with Gasteiger partial charge in [-0.2, -0.15) is 0 Å². The average Bonchev–Trinajstić information content (AvgIpc) is 2.04. The van der Waals surface area contributed by atoms with E-state index in [-0.39, 0.29) is 0 Å². The Morgan fingerprint density at radius 3 is 2.25 bits per heavy atom. The summed E-state index contributed by atoms with van der Waals surface area (Å²) in [6.45, 7) is 11.3. The van der Waals surface area contributed by atoms with E-state index in [9.17, 15) is 0 Å². The Morgan fingerprint density at radius 2 is 1.92 bits per heavy atom. The van der Waals surface area contributed by atoms with Gasteiger partial charge < -0.3 is 5.73 Å². The number of rotatable bonds is 5. The van der Waals surface area contributed by atoms with Gasteiger partial charge in [-0.15, -0.1) is 0 Å². The van der Waals surface area contributed by atoms with Crippen LogP contribution >= 0.6 is 0 Å². The molecule has 1 heteroatoms. The molecule has 0 rings (SSSR count). The molecule has 2 N–H and O–H groups in total. The molecule has 0 aromatic rings. The lowest BCUT2D eigenvalue weighted by Gasteiger charge is -2.10. The van der Waals surface area contributed by atoms with E-state index in [0.29, 0.717) is 0 Å². The van der Waals surface area contributed by atoms with Crippen molar-refractivity contribution in [3.8, 4) is 0 Å². The topological polar surface area (TPSA) is 26.0 Å². The van der Waals surface area contributed by atoms with Crippen LogP contribution in [-0.2, 0) is 0 Å². The number of allylic oxidation sites excluding steroid dienone is 3. The molecule has 0 aliphatic heterocycles. The van der Waals surface area contributed by atoms with Crippen LogP contribution in [-0.4, -0.2) is 6.54 Å². The van der Waals surface area contributed by atoms with Gasteiger partial charge in [-0.25, -0.2) is 0 Å². The molecular formula is C11H21N. The van der Waals surface area contributed by atoms with Crippen LogP contribution in [0.25, 0.3) is 0 Å². The minimum Gasteiger partial charge on any atom is -0.330 e. The van der Waals surface area contributed by atoms with Crippen molar-refractivity contribution < 1.29 is 0 Å². The summed E-state index contributed by atoms with van der Waals surface area (Å²) in [6.07, 6.45) is 3.20. The number of nitrogens with two attached hydrogens (primary N) is 1. The maximum Gasteiger partial charge on any atom is -0.00741 e. The first kappa shape index (κ1) is 11.4. The van der Waals surface area contributed by atoms with Crippen LogP contribution in [0.5, 0.6) is 0 Å². The van der Waals surface area contributed by atoms with E-state index in [4.69, 9.17) is 5.73 Å². The van der Waals surface area contributed by atoms with Gasteiger partial charge in [-0.1, -0.05) is 24.6 Å². The first-order valence-electron chi connectivity index (χ1n) is 4.68. The van der Waals surface area contributed by atoms with Gasteiger partial charge in [-0.05, 0) is 45.2 Å². The molecule has 0 amide bonds. The van der Waals surface area contributed by atoms with E-state index < -0.39 is 0 Å². The van der Waals surface area contributed by atoms with Crippen LogP contribution in [0.4, 0.5) is 0 Å². The lowest BCUT2D eigenvalue weighted by atomic mass is 9.96. The molecule has 0 aromatic heterocycles. The molecule has 0 aromatic carbocycles. The van der Waals surface area contributed by atoms with Crippen molar-refractivity contribution in [2.45, 2.75) is 40.0 Å². The molecule has 0 saturated carbocycles. The lowest BCUT2D eigenvalue weighted by molar-refractivity contribution is 0.812. The highest BCUT2D eigenvalue weighted by molar-refractivity contribution is 5.31. The monoisotopic (exact) mass is 167 g/mol. The first-order valence-corrected chi connectivity index (χ1v) is 4.68. The second-order valence-electron chi connectivity index (χ2n) is 3.33. The summed E-state index contributed by atoms with van der Waals surface area (Å²) in [4.78, 5) is 0. The number of hydrogen-bond acceptors (Lipinski definition) is 1. The zero-order valence-corrected chi connectivity index (χ0v) is 8.61. The van der Waals surface area contributed by atoms with Crippen LogP contribution in [0.15, 0.2) is 23.3 Å². The number of hydrogen-bond donors (Lipinski definition) is 1. The highest BCUT2D eigenvalue weighted by Gasteiger charge is 2.01. The van der Waals surface area contributed by atoms with E-state index in [2.05, 4.69) is 27.4 Å². The minimum absolute atomic E-state index is 0.772. The fourth-order valence-electron chi connectivity index (χ4n) is 1.27. The van der Waals surface area contributed by atoms with Crippen LogP contribution in [0.3, 0.4) is 0 Å². The third kappa shape index (κ3) is 3.72. The molecule has 0 spiro atoms. The zero-order chi connectivity index (χ0) is 9.56. The SMILES string of the molecule is C=C(CC)C(CCCN)=C(C)C. The molecule has 0 aliphatic rings. The molecule has 70 valence electrons. The molecule has 0 bridgehead atoms. The highest BCUT2D eigenvalue weighted by Crippen LogP contribution is 2.20. The van der Waals surface area contributed by atoms with E-state index in [1.165, 1.54) is 16.7 Å². The molecule has 0 saturated heterocycles. The summed E-state index contributed by atoms with van der Waals surface area (Å²) in [5.41, 5.74) is 9.54. The fourth-order valence-corrected chi connectivity index (χ4v) is 1.27. The summed E-state index contributed by atoms with van der Waals surface area (Å²) >= 11 is 0. The molecule has 12 heavy (non-hydrogen) atoms. The van der Waals surface area contributed by atoms with Gasteiger partial charge in [0.25, 0.3) is 0 Å². The quantitative estimate of drug-likeness (QED) is 0.626. The molecule has 0 radical (unpaired) electrons. The summed E-state index contributed by atoms with van der Waals surface area (Å²) in [5.74, 6) is 0. The third-order valence-corrected chi connectivity index (χ3v) is 2.09. The average molecular weight is 167 g/mol. The Bertz CT molecular complexity index is 173. The van der Waals surface area contributed by atoms with Gasteiger partial charge in [0.05, 0.1) is 0 Å². The van der Waals surface area contributed by atoms with E-state index >= 15 is 0 Å². The zero-order valence-electron chi connectivity index (χ0n) is 8.61. The van der Waals surface area contributed by atoms with Crippen molar-refractivity contribution in [3.63, 3.8) is 0 Å². The van der Waals surface area contributed by atoms with Crippen LogP contribution < -0.4 is 5.73 Å². The second kappa shape index (κ2) is 6.01. The third-order valence-electron chi connectivity index (χ3n) is 2.09. The smallest absolute Gasteiger partial charge is 0.00741 e. The van der Waals surface area contributed by atoms with E-state index in [1.54, 1.807) is 0 Å². The van der Waals surface area contributed by atoms with Gasteiger partial charge in [0, 0.05) is 0 Å². The predicted molar refractivity (Wildman–Crippen MR) is 56.1 cm³/mol. The molecule has 0 fully saturated rings. The Morgan fingerprint density at radius 1 is 1.33 bits per heavy atom. The summed E-state index contributed by atoms with van der Waals surface area (Å²) in [6, 6.07) is 0. The molecule has 0 aliphatic carbocycles. The van der Waals surface area contributed by atoms with Crippen LogP contribution in [0, 0.1) is 0 Å². The summed E-state index contributed by atoms with van der Waals surface area (Å²) in [7, 11) is 0. The minimum atomic E-state index is 0.772. The van der Waals surface area contributed by atoms with Gasteiger partial charge in [-0.3, -0.25) is 0 Å². The summed E-state index contributed by atoms with van der Waals surface area (Å²) in [5, 5.41) is 0. The maximum atomic E-state index is 5.47. The van der Waals surface area contributed by atoms with Crippen molar-refractivity contribution in [3.05, 3.63) is 23.3 Å². The maximum absolute atomic E-state index is 5.47. The highest BCUT2D eigenvalue weighted by atomic mass is 14.5. The largest absolute Gasteiger partial charge is 0.330 e. The molecule has 0 heterocycles. The van der Waals surface area contributed by atoms with Gasteiger partial charge in [0.2, 0.25) is 0 Å². The van der Waals surface area contributed by atoms with Crippen molar-refractivity contribution in [1.82, 2.24) is 0 Å². The molecular weight excluding hydrogens is 146 g/mol. The predicted octanol–water partition coefficient (Wildman–Crippen LogP) is 3.03. The van der Waals surface area contributed by atoms with E-state index in [1.807, 2.05) is 0 Å². The Hall–Kier alpha value is -0.560. The van der Waals surface area contributed by atoms with Crippen molar-refractivity contribution in [1.29, 1.82) is 0 Å². The molecule has 0 atom stereocenters. The Balaban J connectivity index is 4.26. The van der Waals surface area contributed by atoms with Crippen molar-refractivity contribution >= 4 is 0 Å². The second-order valence-corrected chi connectivity index (χ2v) is 3.33. The lowest BCUT2D eigenvalue weighted by Crippen LogP contribution is -2.00. The van der Waals surface area contributed by atoms with Gasteiger partial charge >= 0.3 is 0 Å². The Kier molecular flexibility index (Phi) is 5.73. The first-order chi connectivity index (χ1) is 5.63. The van der Waals surface area contributed by atoms with Gasteiger partial charge in [0.15, 0.2) is 0 Å². The van der Waals surface area contributed by atoms with E-state index in [0.717, 1.165) is 25.8 Å². The fraction of sp³-hybridized carbons (Fsp3) is 0.636.